The number of fused-ring (bicyclic) bond motifs is 1. The van der Waals surface area contributed by atoms with Gasteiger partial charge in [0.25, 0.3) is 0 Å². The molecule has 0 aliphatic carbocycles. The zero-order chi connectivity index (χ0) is 19.3. The predicted octanol–water partition coefficient (Wildman–Crippen LogP) is 4.00. The topological polar surface area (TPSA) is 44.8 Å². The second kappa shape index (κ2) is 8.65. The molecule has 1 unspecified atom stereocenters. The molecule has 0 bridgehead atoms. The van der Waals surface area contributed by atoms with Gasteiger partial charge in [0.15, 0.2) is 0 Å². The minimum Gasteiger partial charge on any atom is -0.497 e. The zero-order valence-corrected chi connectivity index (χ0v) is 16.6. The first-order valence-electron chi connectivity index (χ1n) is 10.2. The second-order valence-electron chi connectivity index (χ2n) is 7.87. The van der Waals surface area contributed by atoms with Crippen molar-refractivity contribution in [1.29, 1.82) is 0 Å². The lowest BCUT2D eigenvalue weighted by molar-refractivity contribution is 0.140. The number of amides is 2. The molecule has 2 aliphatic rings. The number of ether oxygens (including phenoxy) is 1. The van der Waals surface area contributed by atoms with E-state index in [4.69, 9.17) is 4.74 Å². The summed E-state index contributed by atoms with van der Waals surface area (Å²) in [6, 6.07) is 16.2. The van der Waals surface area contributed by atoms with E-state index in [9.17, 15) is 4.79 Å². The van der Waals surface area contributed by atoms with Crippen molar-refractivity contribution in [3.63, 3.8) is 0 Å². The number of anilines is 1. The molecule has 2 aromatic rings. The first kappa shape index (κ1) is 18.8. The van der Waals surface area contributed by atoms with Crippen LogP contribution in [-0.4, -0.2) is 49.1 Å². The van der Waals surface area contributed by atoms with Crippen molar-refractivity contribution in [1.82, 2.24) is 9.80 Å². The molecule has 1 atom stereocenters. The molecule has 2 heterocycles. The lowest BCUT2D eigenvalue weighted by Gasteiger charge is -2.37. The minimum atomic E-state index is -0.00106. The molecule has 4 rings (SSSR count). The van der Waals surface area contributed by atoms with Crippen LogP contribution in [0, 0.1) is 5.92 Å². The Balaban J connectivity index is 1.31. The average molecular weight is 380 g/mol. The van der Waals surface area contributed by atoms with Crippen LogP contribution >= 0.6 is 0 Å². The Morgan fingerprint density at radius 1 is 1.11 bits per heavy atom. The van der Waals surface area contributed by atoms with Crippen LogP contribution in [0.4, 0.5) is 10.5 Å². The van der Waals surface area contributed by atoms with Gasteiger partial charge in [-0.3, -0.25) is 4.90 Å². The molecule has 0 radical (unpaired) electrons. The van der Waals surface area contributed by atoms with Gasteiger partial charge in [0, 0.05) is 38.4 Å². The molecule has 1 N–H and O–H groups in total. The molecule has 2 aromatic carbocycles. The number of rotatable bonds is 4. The maximum Gasteiger partial charge on any atom is 0.321 e. The Morgan fingerprint density at radius 2 is 1.89 bits per heavy atom. The lowest BCUT2D eigenvalue weighted by atomic mass is 9.95. The van der Waals surface area contributed by atoms with Gasteiger partial charge in [-0.25, -0.2) is 4.79 Å². The second-order valence-corrected chi connectivity index (χ2v) is 7.87. The summed E-state index contributed by atoms with van der Waals surface area (Å²) in [4.78, 5) is 17.2. The minimum absolute atomic E-state index is 0.00106. The van der Waals surface area contributed by atoms with E-state index >= 15 is 0 Å². The van der Waals surface area contributed by atoms with Gasteiger partial charge < -0.3 is 15.0 Å². The van der Waals surface area contributed by atoms with E-state index in [1.807, 2.05) is 29.2 Å². The molecule has 2 aliphatic heterocycles. The third-order valence-corrected chi connectivity index (χ3v) is 5.87. The summed E-state index contributed by atoms with van der Waals surface area (Å²) in [7, 11) is 1.64. The number of carbonyl (C=O) groups excluding carboxylic acids is 1. The number of nitrogens with zero attached hydrogens (tertiary/aromatic N) is 2. The molecule has 0 aromatic heterocycles. The van der Waals surface area contributed by atoms with Crippen LogP contribution in [0.2, 0.25) is 0 Å². The van der Waals surface area contributed by atoms with Gasteiger partial charge in [-0.1, -0.05) is 24.3 Å². The fourth-order valence-electron chi connectivity index (χ4n) is 4.35. The van der Waals surface area contributed by atoms with Crippen molar-refractivity contribution in [3.05, 3.63) is 59.7 Å². The number of methoxy groups -OCH3 is 1. The summed E-state index contributed by atoms with van der Waals surface area (Å²) >= 11 is 0. The molecule has 5 heteroatoms. The number of nitrogens with one attached hydrogen (secondary N) is 1. The summed E-state index contributed by atoms with van der Waals surface area (Å²) in [6.07, 6.45) is 3.40. The van der Waals surface area contributed by atoms with Crippen molar-refractivity contribution < 1.29 is 9.53 Å². The summed E-state index contributed by atoms with van der Waals surface area (Å²) in [5.74, 6) is 1.33. The highest BCUT2D eigenvalue weighted by molar-refractivity contribution is 5.89. The number of likely N-dealkylation sites (tertiary alicyclic amines) is 1. The van der Waals surface area contributed by atoms with Crippen LogP contribution in [0.3, 0.4) is 0 Å². The van der Waals surface area contributed by atoms with Gasteiger partial charge in [-0.05, 0) is 60.6 Å². The van der Waals surface area contributed by atoms with Gasteiger partial charge in [-0.15, -0.1) is 0 Å². The smallest absolute Gasteiger partial charge is 0.321 e. The normalized spacial score (nSPS) is 19.8. The standard InChI is InChI=1S/C23H29N3O2/c1-28-22-10-8-21(9-11-22)24-23(27)26-13-4-5-18(16-26)15-25-14-12-19-6-2-3-7-20(19)17-25/h2-3,6-11,18H,4-5,12-17H2,1H3,(H,24,27). The fraction of sp³-hybridized carbons (Fsp3) is 0.435. The third-order valence-electron chi connectivity index (χ3n) is 5.87. The predicted molar refractivity (Wildman–Crippen MR) is 112 cm³/mol. The Morgan fingerprint density at radius 3 is 2.68 bits per heavy atom. The van der Waals surface area contributed by atoms with E-state index < -0.39 is 0 Å². The molecule has 28 heavy (non-hydrogen) atoms. The van der Waals surface area contributed by atoms with Gasteiger partial charge in [0.05, 0.1) is 7.11 Å². The Kier molecular flexibility index (Phi) is 5.81. The summed E-state index contributed by atoms with van der Waals surface area (Å²) < 4.78 is 5.17. The summed E-state index contributed by atoms with van der Waals surface area (Å²) in [5, 5.41) is 3.02. The number of hydrogen-bond acceptors (Lipinski definition) is 3. The Hall–Kier alpha value is -2.53. The van der Waals surface area contributed by atoms with Gasteiger partial charge >= 0.3 is 6.03 Å². The van der Waals surface area contributed by atoms with Crippen LogP contribution in [0.1, 0.15) is 24.0 Å². The van der Waals surface area contributed by atoms with Gasteiger partial charge in [0.2, 0.25) is 0 Å². The quantitative estimate of drug-likeness (QED) is 0.873. The van der Waals surface area contributed by atoms with Gasteiger partial charge in [0.1, 0.15) is 5.75 Å². The maximum atomic E-state index is 12.7. The van der Waals surface area contributed by atoms with E-state index in [1.54, 1.807) is 7.11 Å². The molecule has 1 saturated heterocycles. The van der Waals surface area contributed by atoms with E-state index in [0.717, 1.165) is 57.0 Å². The lowest BCUT2D eigenvalue weighted by Crippen LogP contribution is -2.46. The van der Waals surface area contributed by atoms with Gasteiger partial charge in [-0.2, -0.15) is 0 Å². The summed E-state index contributed by atoms with van der Waals surface area (Å²) in [5.41, 5.74) is 3.75. The molecule has 5 nitrogen and oxygen atoms in total. The van der Waals surface area contributed by atoms with Crippen molar-refractivity contribution in [2.75, 3.05) is 38.6 Å². The highest BCUT2D eigenvalue weighted by Crippen LogP contribution is 2.24. The zero-order valence-electron chi connectivity index (χ0n) is 16.6. The van der Waals surface area contributed by atoms with Crippen LogP contribution < -0.4 is 10.1 Å². The molecule has 0 spiro atoms. The number of hydrogen-bond donors (Lipinski definition) is 1. The number of carbonyl (C=O) groups is 1. The summed E-state index contributed by atoms with van der Waals surface area (Å²) in [6.45, 7) is 4.89. The van der Waals surface area contributed by atoms with Crippen LogP contribution in [0.15, 0.2) is 48.5 Å². The number of urea groups is 1. The fourth-order valence-corrected chi connectivity index (χ4v) is 4.35. The molecule has 1 fully saturated rings. The van der Waals surface area contributed by atoms with Crippen molar-refractivity contribution in [3.8, 4) is 5.75 Å². The first-order chi connectivity index (χ1) is 13.7. The maximum absolute atomic E-state index is 12.7. The molecule has 2 amide bonds. The number of benzene rings is 2. The molecular weight excluding hydrogens is 350 g/mol. The van der Waals surface area contributed by atoms with Crippen LogP contribution in [0.5, 0.6) is 5.75 Å². The van der Waals surface area contributed by atoms with Crippen molar-refractivity contribution >= 4 is 11.7 Å². The highest BCUT2D eigenvalue weighted by atomic mass is 16.5. The largest absolute Gasteiger partial charge is 0.497 e. The monoisotopic (exact) mass is 379 g/mol. The molecule has 148 valence electrons. The van der Waals surface area contributed by atoms with E-state index in [0.29, 0.717) is 5.92 Å². The van der Waals surface area contributed by atoms with Crippen molar-refractivity contribution in [2.24, 2.45) is 5.92 Å². The Bertz CT molecular complexity index is 806. The molecule has 0 saturated carbocycles. The van der Waals surface area contributed by atoms with Crippen LogP contribution in [-0.2, 0) is 13.0 Å². The van der Waals surface area contributed by atoms with Crippen molar-refractivity contribution in [2.45, 2.75) is 25.8 Å². The number of piperidine rings is 1. The highest BCUT2D eigenvalue weighted by Gasteiger charge is 2.26. The third kappa shape index (κ3) is 4.47. The first-order valence-corrected chi connectivity index (χ1v) is 10.2. The van der Waals surface area contributed by atoms with Crippen LogP contribution in [0.25, 0.3) is 0 Å². The van der Waals surface area contributed by atoms with E-state index in [2.05, 4.69) is 34.5 Å². The Labute approximate surface area is 167 Å². The van der Waals surface area contributed by atoms with E-state index in [-0.39, 0.29) is 6.03 Å². The molecular formula is C23H29N3O2. The SMILES string of the molecule is COc1ccc(NC(=O)N2CCCC(CN3CCc4ccccc4C3)C2)cc1. The van der Waals surface area contributed by atoms with E-state index in [1.165, 1.54) is 17.5 Å². The average Bonchev–Trinajstić information content (AvgIpc) is 2.74.